The van der Waals surface area contributed by atoms with Crippen molar-refractivity contribution in [1.82, 2.24) is 5.32 Å². The minimum atomic E-state index is 0.139. The SMILES string of the molecule is OCCNCCO.[O]=[Mo]. The molecule has 0 spiro atoms. The zero-order chi connectivity index (χ0) is 7.54. The third kappa shape index (κ3) is 17.8. The summed E-state index contributed by atoms with van der Waals surface area (Å²) in [6.07, 6.45) is 0. The molecule has 56 valence electrons. The fourth-order valence-electron chi connectivity index (χ4n) is 0.283. The molecule has 0 aliphatic heterocycles. The van der Waals surface area contributed by atoms with Crippen LogP contribution in [-0.4, -0.2) is 36.5 Å². The molecule has 0 aliphatic rings. The Bertz CT molecular complexity index is 42.8. The van der Waals surface area contributed by atoms with Gasteiger partial charge in [-0.1, -0.05) is 0 Å². The molecule has 0 heterocycles. The molecule has 0 amide bonds. The summed E-state index contributed by atoms with van der Waals surface area (Å²) in [7, 11) is 0. The normalized spacial score (nSPS) is 7.78. The quantitative estimate of drug-likeness (QED) is 0.393. The molecule has 0 aromatic rings. The molecule has 0 aromatic heterocycles. The Kier molecular flexibility index (Phi) is 21.2. The van der Waals surface area contributed by atoms with Crippen LogP contribution in [0.4, 0.5) is 0 Å². The molecule has 5 heteroatoms. The third-order valence-electron chi connectivity index (χ3n) is 0.577. The molecular weight excluding hydrogens is 206 g/mol. The van der Waals surface area contributed by atoms with Crippen molar-refractivity contribution >= 4 is 0 Å². The van der Waals surface area contributed by atoms with Crippen molar-refractivity contribution in [2.24, 2.45) is 0 Å². The van der Waals surface area contributed by atoms with Gasteiger partial charge in [0, 0.05) is 13.1 Å². The second-order valence-corrected chi connectivity index (χ2v) is 1.20. The molecule has 9 heavy (non-hydrogen) atoms. The molecule has 3 N–H and O–H groups in total. The second kappa shape index (κ2) is 15.8. The zero-order valence-electron chi connectivity index (χ0n) is 5.04. The molecule has 0 saturated heterocycles. The van der Waals surface area contributed by atoms with Gasteiger partial charge in [-0.25, -0.2) is 0 Å². The fraction of sp³-hybridized carbons (Fsp3) is 1.00. The van der Waals surface area contributed by atoms with E-state index in [4.69, 9.17) is 13.6 Å². The Balaban J connectivity index is 0. The van der Waals surface area contributed by atoms with E-state index in [0.717, 1.165) is 0 Å². The van der Waals surface area contributed by atoms with E-state index in [2.05, 4.69) is 5.32 Å². The molecule has 0 saturated carbocycles. The monoisotopic (exact) mass is 219 g/mol. The maximum absolute atomic E-state index is 8.26. The minimum absolute atomic E-state index is 0.139. The van der Waals surface area contributed by atoms with Crippen molar-refractivity contribution in [2.45, 2.75) is 0 Å². The Morgan fingerprint density at radius 1 is 1.11 bits per heavy atom. The van der Waals surface area contributed by atoms with Crippen molar-refractivity contribution < 1.29 is 33.4 Å². The molecule has 0 bridgehead atoms. The predicted octanol–water partition coefficient (Wildman–Crippen LogP) is -1.56. The van der Waals surface area contributed by atoms with Gasteiger partial charge in [-0.05, 0) is 0 Å². The standard InChI is InChI=1S/C4H11NO2.Mo.O/c6-3-1-5-2-4-7;;/h5-7H,1-4H2;;. The second-order valence-electron chi connectivity index (χ2n) is 1.20. The van der Waals surface area contributed by atoms with Gasteiger partial charge in [0.05, 0.1) is 13.2 Å². The maximum atomic E-state index is 8.26. The van der Waals surface area contributed by atoms with Crippen molar-refractivity contribution in [1.29, 1.82) is 0 Å². The number of hydrogen-bond acceptors (Lipinski definition) is 4. The summed E-state index contributed by atoms with van der Waals surface area (Å²) < 4.78 is 8.26. The first-order valence-corrected chi connectivity index (χ1v) is 3.33. The van der Waals surface area contributed by atoms with Crippen LogP contribution in [0.3, 0.4) is 0 Å². The molecule has 0 atom stereocenters. The van der Waals surface area contributed by atoms with E-state index in [1.54, 1.807) is 0 Å². The van der Waals surface area contributed by atoms with Gasteiger partial charge >= 0.3 is 23.2 Å². The first kappa shape index (κ1) is 12.1. The van der Waals surface area contributed by atoms with E-state index in [0.29, 0.717) is 32.9 Å². The van der Waals surface area contributed by atoms with Crippen LogP contribution in [0.15, 0.2) is 0 Å². The van der Waals surface area contributed by atoms with Crippen LogP contribution in [0.2, 0.25) is 0 Å². The summed E-state index contributed by atoms with van der Waals surface area (Å²) in [6, 6.07) is 0. The first-order valence-electron chi connectivity index (χ1n) is 2.51. The van der Waals surface area contributed by atoms with Gasteiger partial charge in [0.25, 0.3) is 0 Å². The topological polar surface area (TPSA) is 69.6 Å². The van der Waals surface area contributed by atoms with E-state index in [1.807, 2.05) is 0 Å². The van der Waals surface area contributed by atoms with E-state index < -0.39 is 0 Å². The summed E-state index contributed by atoms with van der Waals surface area (Å²) in [4.78, 5) is 0. The molecular formula is C4H11MoNO3. The average Bonchev–Trinajstić information content (AvgIpc) is 1.94. The van der Waals surface area contributed by atoms with Gasteiger partial charge in [0.1, 0.15) is 0 Å². The van der Waals surface area contributed by atoms with Gasteiger partial charge in [-0.15, -0.1) is 0 Å². The van der Waals surface area contributed by atoms with Crippen LogP contribution in [0, 0.1) is 0 Å². The summed E-state index contributed by atoms with van der Waals surface area (Å²) in [5.74, 6) is 0. The van der Waals surface area contributed by atoms with Gasteiger partial charge < -0.3 is 15.5 Å². The number of hydrogen-bond donors (Lipinski definition) is 3. The predicted molar refractivity (Wildman–Crippen MR) is 27.7 cm³/mol. The number of aliphatic hydroxyl groups excluding tert-OH is 2. The van der Waals surface area contributed by atoms with E-state index in [9.17, 15) is 0 Å². The molecule has 0 fully saturated rings. The average molecular weight is 217 g/mol. The van der Waals surface area contributed by atoms with Crippen LogP contribution in [-0.2, 0) is 23.2 Å². The summed E-state index contributed by atoms with van der Waals surface area (Å²) in [6.45, 7) is 1.42. The molecule has 0 aliphatic carbocycles. The number of aliphatic hydroxyl groups is 2. The van der Waals surface area contributed by atoms with Crippen molar-refractivity contribution in [3.63, 3.8) is 0 Å². The number of nitrogens with one attached hydrogen (secondary N) is 1. The molecule has 4 nitrogen and oxygen atoms in total. The third-order valence-corrected chi connectivity index (χ3v) is 0.577. The molecule has 0 aromatic carbocycles. The zero-order valence-corrected chi connectivity index (χ0v) is 7.05. The fourth-order valence-corrected chi connectivity index (χ4v) is 0.283. The summed E-state index contributed by atoms with van der Waals surface area (Å²) in [5, 5.41) is 19.1. The molecule has 0 rings (SSSR count). The Hall–Kier alpha value is 0.368. The van der Waals surface area contributed by atoms with Crippen molar-refractivity contribution in [2.75, 3.05) is 26.3 Å². The van der Waals surface area contributed by atoms with Gasteiger partial charge in [-0.2, -0.15) is 0 Å². The number of rotatable bonds is 4. The van der Waals surface area contributed by atoms with Gasteiger partial charge in [-0.3, -0.25) is 0 Å². The van der Waals surface area contributed by atoms with Crippen LogP contribution >= 0.6 is 0 Å². The van der Waals surface area contributed by atoms with Crippen LogP contribution < -0.4 is 5.32 Å². The summed E-state index contributed by atoms with van der Waals surface area (Å²) in [5.41, 5.74) is 0. The Morgan fingerprint density at radius 3 is 1.67 bits per heavy atom. The van der Waals surface area contributed by atoms with Gasteiger partial charge in [0.2, 0.25) is 0 Å². The Labute approximate surface area is 65.5 Å². The van der Waals surface area contributed by atoms with E-state index >= 15 is 0 Å². The van der Waals surface area contributed by atoms with Crippen LogP contribution in [0.5, 0.6) is 0 Å². The van der Waals surface area contributed by atoms with Crippen LogP contribution in [0.25, 0.3) is 0 Å². The molecule has 0 unspecified atom stereocenters. The van der Waals surface area contributed by atoms with Crippen molar-refractivity contribution in [3.05, 3.63) is 0 Å². The van der Waals surface area contributed by atoms with E-state index in [1.165, 1.54) is 0 Å². The first-order chi connectivity index (χ1) is 4.41. The molecule has 0 radical (unpaired) electrons. The van der Waals surface area contributed by atoms with Crippen LogP contribution in [0.1, 0.15) is 0 Å². The van der Waals surface area contributed by atoms with E-state index in [-0.39, 0.29) is 13.2 Å². The van der Waals surface area contributed by atoms with Crippen molar-refractivity contribution in [3.8, 4) is 0 Å². The van der Waals surface area contributed by atoms with Gasteiger partial charge in [0.15, 0.2) is 0 Å². The summed E-state index contributed by atoms with van der Waals surface area (Å²) >= 11 is 0.700. The Morgan fingerprint density at radius 2 is 1.44 bits per heavy atom.